The van der Waals surface area contributed by atoms with Gasteiger partial charge in [-0.15, -0.1) is 0 Å². The lowest BCUT2D eigenvalue weighted by Crippen LogP contribution is -2.34. The number of ether oxygens (including phenoxy) is 1. The number of hydrogen-bond acceptors (Lipinski definition) is 3. The molecule has 0 heterocycles. The van der Waals surface area contributed by atoms with Crippen LogP contribution >= 0.6 is 15.9 Å². The maximum Gasteiger partial charge on any atom is 0.258 e. The molecule has 1 amide bonds. The van der Waals surface area contributed by atoms with Gasteiger partial charge in [0.15, 0.2) is 6.61 Å². The molecule has 1 rings (SSSR count). The molecule has 1 aromatic rings. The summed E-state index contributed by atoms with van der Waals surface area (Å²) in [6, 6.07) is 5.85. The van der Waals surface area contributed by atoms with Gasteiger partial charge in [0.2, 0.25) is 0 Å². The minimum Gasteiger partial charge on any atom is -0.484 e. The summed E-state index contributed by atoms with van der Waals surface area (Å²) in [4.78, 5) is 11.5. The van der Waals surface area contributed by atoms with E-state index in [-0.39, 0.29) is 18.6 Å². The minimum atomic E-state index is -0.105. The van der Waals surface area contributed by atoms with Crippen LogP contribution < -0.4 is 15.4 Å². The van der Waals surface area contributed by atoms with Crippen molar-refractivity contribution in [2.24, 2.45) is 0 Å². The van der Waals surface area contributed by atoms with Crippen LogP contribution in [0.1, 0.15) is 26.3 Å². The van der Waals surface area contributed by atoms with Crippen molar-refractivity contribution < 1.29 is 9.53 Å². The number of amides is 1. The molecule has 106 valence electrons. The van der Waals surface area contributed by atoms with Crippen LogP contribution in [-0.2, 0) is 11.3 Å². The highest BCUT2D eigenvalue weighted by Crippen LogP contribution is 2.22. The summed E-state index contributed by atoms with van der Waals surface area (Å²) in [7, 11) is 0. The Morgan fingerprint density at radius 3 is 2.79 bits per heavy atom. The molecule has 0 fully saturated rings. The van der Waals surface area contributed by atoms with Crippen LogP contribution in [0.2, 0.25) is 0 Å². The topological polar surface area (TPSA) is 50.4 Å². The van der Waals surface area contributed by atoms with Gasteiger partial charge >= 0.3 is 0 Å². The molecule has 1 aromatic carbocycles. The van der Waals surface area contributed by atoms with Gasteiger partial charge in [-0.2, -0.15) is 0 Å². The molecule has 0 aliphatic heterocycles. The number of nitrogens with one attached hydrogen (secondary N) is 2. The van der Waals surface area contributed by atoms with E-state index < -0.39 is 0 Å². The van der Waals surface area contributed by atoms with Gasteiger partial charge in [0.05, 0.1) is 0 Å². The summed E-state index contributed by atoms with van der Waals surface area (Å²) >= 11 is 3.50. The fourth-order valence-corrected chi connectivity index (χ4v) is 1.94. The standard InChI is InChI=1S/C14H21BrN2O2/c1-4-16-8-11-7-12(5-6-13(11)15)19-9-14(18)17-10(2)3/h5-7,10,16H,4,8-9H2,1-3H3,(H,17,18). The van der Waals surface area contributed by atoms with E-state index in [9.17, 15) is 4.79 Å². The van der Waals surface area contributed by atoms with Crippen LogP contribution in [0, 0.1) is 0 Å². The van der Waals surface area contributed by atoms with Crippen molar-refractivity contribution in [3.8, 4) is 5.75 Å². The highest BCUT2D eigenvalue weighted by molar-refractivity contribution is 9.10. The number of hydrogen-bond donors (Lipinski definition) is 2. The second-order valence-electron chi connectivity index (χ2n) is 4.54. The van der Waals surface area contributed by atoms with E-state index in [2.05, 4.69) is 33.5 Å². The molecule has 0 bridgehead atoms. The first kappa shape index (κ1) is 16.0. The number of carbonyl (C=O) groups excluding carboxylic acids is 1. The Morgan fingerprint density at radius 2 is 2.16 bits per heavy atom. The normalized spacial score (nSPS) is 10.6. The summed E-state index contributed by atoms with van der Waals surface area (Å²) in [6.07, 6.45) is 0. The third kappa shape index (κ3) is 6.07. The van der Waals surface area contributed by atoms with Gasteiger partial charge in [-0.1, -0.05) is 22.9 Å². The number of benzene rings is 1. The summed E-state index contributed by atoms with van der Waals surface area (Å²) < 4.78 is 6.52. The second-order valence-corrected chi connectivity index (χ2v) is 5.40. The molecular formula is C14H21BrN2O2. The fourth-order valence-electron chi connectivity index (χ4n) is 1.55. The van der Waals surface area contributed by atoms with Gasteiger partial charge in [-0.25, -0.2) is 0 Å². The Hall–Kier alpha value is -1.07. The Labute approximate surface area is 123 Å². The lowest BCUT2D eigenvalue weighted by molar-refractivity contribution is -0.123. The van der Waals surface area contributed by atoms with Gasteiger partial charge in [0, 0.05) is 17.1 Å². The van der Waals surface area contributed by atoms with Crippen LogP contribution in [0.3, 0.4) is 0 Å². The highest BCUT2D eigenvalue weighted by atomic mass is 79.9. The Morgan fingerprint density at radius 1 is 1.42 bits per heavy atom. The molecule has 19 heavy (non-hydrogen) atoms. The molecule has 4 nitrogen and oxygen atoms in total. The largest absolute Gasteiger partial charge is 0.484 e. The number of carbonyl (C=O) groups is 1. The maximum atomic E-state index is 11.5. The summed E-state index contributed by atoms with van der Waals surface area (Å²) in [5.41, 5.74) is 1.11. The van der Waals surface area contributed by atoms with E-state index in [0.29, 0.717) is 5.75 Å². The van der Waals surface area contributed by atoms with Crippen molar-refractivity contribution in [3.05, 3.63) is 28.2 Å². The van der Waals surface area contributed by atoms with Crippen molar-refractivity contribution in [3.63, 3.8) is 0 Å². The first-order valence-corrected chi connectivity index (χ1v) is 7.23. The molecule has 0 saturated carbocycles. The average molecular weight is 329 g/mol. The average Bonchev–Trinajstić information content (AvgIpc) is 2.35. The Kier molecular flexibility index (Phi) is 6.87. The smallest absolute Gasteiger partial charge is 0.258 e. The molecule has 0 radical (unpaired) electrons. The third-order valence-corrected chi connectivity index (χ3v) is 3.18. The van der Waals surface area contributed by atoms with Crippen molar-refractivity contribution in [2.75, 3.05) is 13.2 Å². The van der Waals surface area contributed by atoms with E-state index in [0.717, 1.165) is 23.1 Å². The molecule has 0 atom stereocenters. The molecule has 0 spiro atoms. The fraction of sp³-hybridized carbons (Fsp3) is 0.500. The zero-order valence-electron chi connectivity index (χ0n) is 11.6. The Bertz CT molecular complexity index is 422. The van der Waals surface area contributed by atoms with E-state index in [4.69, 9.17) is 4.74 Å². The summed E-state index contributed by atoms with van der Waals surface area (Å²) in [5.74, 6) is 0.598. The van der Waals surface area contributed by atoms with Crippen molar-refractivity contribution >= 4 is 21.8 Å². The van der Waals surface area contributed by atoms with E-state index in [1.165, 1.54) is 0 Å². The second kappa shape index (κ2) is 8.17. The SMILES string of the molecule is CCNCc1cc(OCC(=O)NC(C)C)ccc1Br. The van der Waals surface area contributed by atoms with E-state index in [1.807, 2.05) is 32.0 Å². The minimum absolute atomic E-state index is 0.0421. The van der Waals surface area contributed by atoms with Gasteiger partial charge in [0.25, 0.3) is 5.91 Å². The molecule has 5 heteroatoms. The quantitative estimate of drug-likeness (QED) is 0.808. The first-order valence-electron chi connectivity index (χ1n) is 6.44. The molecule has 0 aliphatic carbocycles. The van der Waals surface area contributed by atoms with Gasteiger partial charge in [-0.3, -0.25) is 4.79 Å². The predicted molar refractivity (Wildman–Crippen MR) is 80.3 cm³/mol. The van der Waals surface area contributed by atoms with Crippen LogP contribution in [0.15, 0.2) is 22.7 Å². The number of halogens is 1. The summed E-state index contributed by atoms with van der Waals surface area (Å²) in [5, 5.41) is 6.05. The van der Waals surface area contributed by atoms with Crippen LogP contribution in [0.25, 0.3) is 0 Å². The first-order chi connectivity index (χ1) is 9.02. The maximum absolute atomic E-state index is 11.5. The zero-order chi connectivity index (χ0) is 14.3. The van der Waals surface area contributed by atoms with Crippen LogP contribution in [0.4, 0.5) is 0 Å². The van der Waals surface area contributed by atoms with Gasteiger partial charge in [-0.05, 0) is 44.2 Å². The third-order valence-electron chi connectivity index (χ3n) is 2.40. The lowest BCUT2D eigenvalue weighted by atomic mass is 10.2. The molecule has 0 aliphatic rings. The lowest BCUT2D eigenvalue weighted by Gasteiger charge is -2.11. The van der Waals surface area contributed by atoms with Gasteiger partial charge < -0.3 is 15.4 Å². The van der Waals surface area contributed by atoms with Crippen LogP contribution in [-0.4, -0.2) is 25.1 Å². The Balaban J connectivity index is 2.56. The predicted octanol–water partition coefficient (Wildman–Crippen LogP) is 2.46. The zero-order valence-corrected chi connectivity index (χ0v) is 13.2. The monoisotopic (exact) mass is 328 g/mol. The number of rotatable bonds is 7. The molecule has 0 unspecified atom stereocenters. The molecular weight excluding hydrogens is 308 g/mol. The molecule has 0 aromatic heterocycles. The van der Waals surface area contributed by atoms with E-state index in [1.54, 1.807) is 0 Å². The van der Waals surface area contributed by atoms with Crippen LogP contribution in [0.5, 0.6) is 5.75 Å². The van der Waals surface area contributed by atoms with E-state index >= 15 is 0 Å². The van der Waals surface area contributed by atoms with Crippen molar-refractivity contribution in [1.29, 1.82) is 0 Å². The van der Waals surface area contributed by atoms with Gasteiger partial charge in [0.1, 0.15) is 5.75 Å². The highest BCUT2D eigenvalue weighted by Gasteiger charge is 2.06. The molecule has 0 saturated heterocycles. The molecule has 2 N–H and O–H groups in total. The summed E-state index contributed by atoms with van der Waals surface area (Å²) in [6.45, 7) is 7.63. The van der Waals surface area contributed by atoms with Crippen molar-refractivity contribution in [1.82, 2.24) is 10.6 Å². The van der Waals surface area contributed by atoms with Crippen molar-refractivity contribution in [2.45, 2.75) is 33.4 Å².